The van der Waals surface area contributed by atoms with Gasteiger partial charge in [-0.3, -0.25) is 4.79 Å². The minimum atomic E-state index is -1.28. The van der Waals surface area contributed by atoms with Crippen molar-refractivity contribution in [3.05, 3.63) is 0 Å². The van der Waals surface area contributed by atoms with E-state index in [9.17, 15) is 14.7 Å². The van der Waals surface area contributed by atoms with Crippen molar-refractivity contribution in [1.82, 2.24) is 0 Å². The van der Waals surface area contributed by atoms with Gasteiger partial charge in [0.25, 0.3) is 0 Å². The number of hydrogen-bond donors (Lipinski definition) is 0. The Morgan fingerprint density at radius 2 is 1.86 bits per heavy atom. The largest absolute Gasteiger partial charge is 1.00 e. The monoisotopic (exact) mass is 406 g/mol. The molecule has 28 heavy (non-hydrogen) atoms. The van der Waals surface area contributed by atoms with Crippen LogP contribution in [0.1, 0.15) is 59.3 Å². The standard InChI is InChI=1S/C19H28O8.Na/c1-10-4-5-13-11(2)16(23-15(22)7-6-14(20)21)24-17-19(13)12(10)8-9-18(3,25-17)26-27-19;/h10-13,16-17H,4-9H2,1-3H3,(H,20,21);/q;+1/p-1/t10-,11-,12+,13+,16+,17-,18-,19-;/m1./s1. The van der Waals surface area contributed by atoms with Crippen LogP contribution in [0.3, 0.4) is 0 Å². The summed E-state index contributed by atoms with van der Waals surface area (Å²) in [6.07, 6.45) is 1.48. The molecule has 0 radical (unpaired) electrons. The number of carbonyl (C=O) groups excluding carboxylic acids is 2. The fourth-order valence-electron chi connectivity index (χ4n) is 5.40. The zero-order chi connectivity index (χ0) is 19.4. The predicted molar refractivity (Wildman–Crippen MR) is 87.2 cm³/mol. The Hall–Kier alpha value is -0.220. The number of hydrogen-bond acceptors (Lipinski definition) is 8. The summed E-state index contributed by atoms with van der Waals surface area (Å²) in [5.41, 5.74) is -0.707. The third-order valence-electron chi connectivity index (χ3n) is 6.88. The third-order valence-corrected chi connectivity index (χ3v) is 6.88. The molecule has 5 fully saturated rings. The first-order valence-electron chi connectivity index (χ1n) is 9.84. The summed E-state index contributed by atoms with van der Waals surface area (Å²) in [6, 6.07) is 0. The van der Waals surface area contributed by atoms with Gasteiger partial charge in [0.05, 0.1) is 6.42 Å². The molecule has 8 atom stereocenters. The van der Waals surface area contributed by atoms with E-state index in [0.717, 1.165) is 19.3 Å². The molecule has 4 heterocycles. The topological polar surface area (TPSA) is 103 Å². The van der Waals surface area contributed by atoms with Gasteiger partial charge < -0.3 is 24.1 Å². The zero-order valence-corrected chi connectivity index (χ0v) is 19.0. The van der Waals surface area contributed by atoms with E-state index in [0.29, 0.717) is 12.3 Å². The fraction of sp³-hybridized carbons (Fsp3) is 0.895. The molecule has 1 aliphatic carbocycles. The Kier molecular flexibility index (Phi) is 6.53. The van der Waals surface area contributed by atoms with Crippen LogP contribution in [-0.4, -0.2) is 35.9 Å². The van der Waals surface area contributed by atoms with Gasteiger partial charge in [0.15, 0.2) is 11.9 Å². The van der Waals surface area contributed by atoms with Crippen LogP contribution in [0.5, 0.6) is 0 Å². The van der Waals surface area contributed by atoms with Crippen LogP contribution in [0.2, 0.25) is 0 Å². The van der Waals surface area contributed by atoms with Crippen molar-refractivity contribution in [3.8, 4) is 0 Å². The first-order chi connectivity index (χ1) is 12.7. The molecular formula is C19H27NaO8. The van der Waals surface area contributed by atoms with Gasteiger partial charge in [0, 0.05) is 24.2 Å². The molecule has 5 rings (SSSR count). The van der Waals surface area contributed by atoms with Crippen molar-refractivity contribution in [2.75, 3.05) is 0 Å². The Morgan fingerprint density at radius 1 is 1.11 bits per heavy atom. The molecule has 8 nitrogen and oxygen atoms in total. The predicted octanol–water partition coefficient (Wildman–Crippen LogP) is -1.73. The van der Waals surface area contributed by atoms with Crippen LogP contribution in [0.4, 0.5) is 0 Å². The van der Waals surface area contributed by atoms with Gasteiger partial charge in [-0.1, -0.05) is 13.8 Å². The van der Waals surface area contributed by atoms with E-state index < -0.39 is 35.9 Å². The number of fused-ring (bicyclic) bond motifs is 2. The van der Waals surface area contributed by atoms with Crippen LogP contribution in [0, 0.1) is 23.7 Å². The van der Waals surface area contributed by atoms with E-state index in [-0.39, 0.29) is 60.2 Å². The first kappa shape index (κ1) is 22.5. The maximum Gasteiger partial charge on any atom is 1.00 e. The summed E-state index contributed by atoms with van der Waals surface area (Å²) >= 11 is 0. The molecule has 0 unspecified atom stereocenters. The Bertz CT molecular complexity index is 629. The van der Waals surface area contributed by atoms with Gasteiger partial charge in [-0.15, -0.1) is 0 Å². The number of aliphatic carboxylic acids is 1. The molecule has 4 saturated heterocycles. The van der Waals surface area contributed by atoms with E-state index in [1.54, 1.807) is 0 Å². The second-order valence-electron chi connectivity index (χ2n) is 8.64. The van der Waals surface area contributed by atoms with Crippen LogP contribution >= 0.6 is 0 Å². The van der Waals surface area contributed by atoms with E-state index in [1.807, 2.05) is 13.8 Å². The molecule has 4 aliphatic heterocycles. The minimum absolute atomic E-state index is 0. The minimum Gasteiger partial charge on any atom is -0.550 e. The van der Waals surface area contributed by atoms with Crippen molar-refractivity contribution in [3.63, 3.8) is 0 Å². The molecule has 0 aromatic rings. The van der Waals surface area contributed by atoms with Crippen molar-refractivity contribution in [2.45, 2.75) is 83.3 Å². The Balaban J connectivity index is 0.00000225. The molecular weight excluding hydrogens is 379 g/mol. The van der Waals surface area contributed by atoms with Crippen molar-refractivity contribution in [1.29, 1.82) is 0 Å². The number of esters is 1. The molecule has 0 N–H and O–H groups in total. The van der Waals surface area contributed by atoms with Gasteiger partial charge in [-0.25, -0.2) is 9.78 Å². The molecule has 9 heteroatoms. The fourth-order valence-corrected chi connectivity index (χ4v) is 5.40. The van der Waals surface area contributed by atoms with E-state index in [2.05, 4.69) is 6.92 Å². The summed E-state index contributed by atoms with van der Waals surface area (Å²) in [6.45, 7) is 6.04. The molecule has 1 saturated carbocycles. The van der Waals surface area contributed by atoms with Crippen molar-refractivity contribution >= 4 is 11.9 Å². The maximum atomic E-state index is 12.0. The summed E-state index contributed by atoms with van der Waals surface area (Å²) < 4.78 is 17.7. The SMILES string of the molecule is C[C@H]1[C@@H](OC(=O)CCC(=O)[O-])O[C@@H]2O[C@@]3(C)CC[C@H]4[C@H](C)CC[C@@H]1[C@@]24OO3.[Na+]. The van der Waals surface area contributed by atoms with Crippen molar-refractivity contribution < 1.29 is 68.2 Å². The second kappa shape index (κ2) is 8.13. The van der Waals surface area contributed by atoms with Gasteiger partial charge in [0.1, 0.15) is 0 Å². The first-order valence-corrected chi connectivity index (χ1v) is 9.84. The normalized spacial score (nSPS) is 46.7. The number of carboxylic acids is 1. The van der Waals surface area contributed by atoms with Gasteiger partial charge in [-0.05, 0) is 44.4 Å². The van der Waals surface area contributed by atoms with Crippen LogP contribution in [0.15, 0.2) is 0 Å². The maximum absolute atomic E-state index is 12.0. The Labute approximate surface area is 186 Å². The summed E-state index contributed by atoms with van der Waals surface area (Å²) in [5.74, 6) is -2.17. The van der Waals surface area contributed by atoms with Crippen molar-refractivity contribution in [2.24, 2.45) is 23.7 Å². The number of rotatable bonds is 4. The molecule has 0 aromatic heterocycles. The third kappa shape index (κ3) is 3.66. The zero-order valence-electron chi connectivity index (χ0n) is 17.0. The van der Waals surface area contributed by atoms with Crippen LogP contribution < -0.4 is 34.7 Å². The molecule has 1 spiro atoms. The van der Waals surface area contributed by atoms with E-state index in [1.165, 1.54) is 0 Å². The van der Waals surface area contributed by atoms with Gasteiger partial charge in [-0.2, -0.15) is 0 Å². The van der Waals surface area contributed by atoms with Gasteiger partial charge in [0.2, 0.25) is 12.1 Å². The molecule has 0 aromatic carbocycles. The van der Waals surface area contributed by atoms with Crippen LogP contribution in [-0.2, 0) is 33.6 Å². The average molecular weight is 406 g/mol. The van der Waals surface area contributed by atoms with Crippen LogP contribution in [0.25, 0.3) is 0 Å². The smallest absolute Gasteiger partial charge is 0.550 e. The van der Waals surface area contributed by atoms with Gasteiger partial charge >= 0.3 is 35.5 Å². The van der Waals surface area contributed by atoms with E-state index in [4.69, 9.17) is 24.0 Å². The summed E-state index contributed by atoms with van der Waals surface area (Å²) in [5, 5.41) is 10.6. The molecule has 5 aliphatic rings. The Morgan fingerprint density at radius 3 is 2.57 bits per heavy atom. The second-order valence-corrected chi connectivity index (χ2v) is 8.64. The summed E-state index contributed by atoms with van der Waals surface area (Å²) in [7, 11) is 0. The number of carbonyl (C=O) groups is 2. The number of ether oxygens (including phenoxy) is 3. The quantitative estimate of drug-likeness (QED) is 0.308. The average Bonchev–Trinajstić information content (AvgIpc) is 2.84. The van der Waals surface area contributed by atoms with E-state index >= 15 is 0 Å². The summed E-state index contributed by atoms with van der Waals surface area (Å²) in [4.78, 5) is 34.4. The molecule has 2 bridgehead atoms. The number of carboxylic acid groups (broad SMARTS) is 1. The molecule has 152 valence electrons. The molecule has 0 amide bonds.